The number of aromatic nitrogens is 2. The molecule has 0 saturated carbocycles. The summed E-state index contributed by atoms with van der Waals surface area (Å²) in [5.41, 5.74) is -0.701. The van der Waals surface area contributed by atoms with Crippen molar-refractivity contribution in [3.63, 3.8) is 0 Å². The highest BCUT2D eigenvalue weighted by Gasteiger charge is 2.30. The highest BCUT2D eigenvalue weighted by atomic mass is 19.4. The molecule has 0 aliphatic rings. The molecule has 0 bridgehead atoms. The Balaban J connectivity index is 2.51. The topological polar surface area (TPSA) is 45.8 Å². The van der Waals surface area contributed by atoms with Crippen molar-refractivity contribution in [3.8, 4) is 11.3 Å². The molecule has 6 heteroatoms. The predicted molar refractivity (Wildman–Crippen MR) is 55.3 cm³/mol. The highest BCUT2D eigenvalue weighted by molar-refractivity contribution is 5.59. The molecule has 1 heterocycles. The number of alkyl halides is 3. The molecule has 2 aromatic rings. The van der Waals surface area contributed by atoms with Gasteiger partial charge in [0.2, 0.25) is 0 Å². The van der Waals surface area contributed by atoms with Crippen molar-refractivity contribution in [1.29, 1.82) is 0 Å². The van der Waals surface area contributed by atoms with E-state index in [2.05, 4.69) is 9.97 Å². The first-order chi connectivity index (χ1) is 7.97. The average Bonchev–Trinajstić information content (AvgIpc) is 2.28. The van der Waals surface area contributed by atoms with Gasteiger partial charge in [-0.3, -0.25) is 9.78 Å². The molecule has 0 radical (unpaired) electrons. The average molecular weight is 240 g/mol. The van der Waals surface area contributed by atoms with E-state index >= 15 is 0 Å². The lowest BCUT2D eigenvalue weighted by Gasteiger charge is -2.08. The highest BCUT2D eigenvalue weighted by Crippen LogP contribution is 2.31. The summed E-state index contributed by atoms with van der Waals surface area (Å²) in [6.45, 7) is 0. The summed E-state index contributed by atoms with van der Waals surface area (Å²) in [6, 6.07) is 4.69. The van der Waals surface area contributed by atoms with Gasteiger partial charge in [0, 0.05) is 5.56 Å². The molecule has 0 fully saturated rings. The van der Waals surface area contributed by atoms with Crippen LogP contribution in [0.4, 0.5) is 13.2 Å². The third kappa shape index (κ3) is 2.52. The summed E-state index contributed by atoms with van der Waals surface area (Å²) < 4.78 is 37.4. The van der Waals surface area contributed by atoms with Crippen LogP contribution in [-0.2, 0) is 6.18 Å². The van der Waals surface area contributed by atoms with Gasteiger partial charge in [-0.2, -0.15) is 13.2 Å². The maximum atomic E-state index is 12.5. The fourth-order valence-corrected chi connectivity index (χ4v) is 1.39. The zero-order chi connectivity index (χ0) is 12.5. The van der Waals surface area contributed by atoms with Gasteiger partial charge in [-0.15, -0.1) is 0 Å². The molecule has 0 amide bonds. The van der Waals surface area contributed by atoms with E-state index < -0.39 is 17.3 Å². The van der Waals surface area contributed by atoms with E-state index in [1.807, 2.05) is 0 Å². The lowest BCUT2D eigenvalue weighted by atomic mass is 10.1. The van der Waals surface area contributed by atoms with Crippen LogP contribution in [0.2, 0.25) is 0 Å². The summed E-state index contributed by atoms with van der Waals surface area (Å²) >= 11 is 0. The Hall–Kier alpha value is -2.11. The number of aromatic amines is 1. The molecule has 1 aromatic carbocycles. The Morgan fingerprint density at radius 3 is 2.59 bits per heavy atom. The summed E-state index contributed by atoms with van der Waals surface area (Å²) in [5.74, 6) is 0. The zero-order valence-corrected chi connectivity index (χ0v) is 8.45. The Morgan fingerprint density at radius 1 is 1.18 bits per heavy atom. The normalized spacial score (nSPS) is 11.5. The second-order valence-electron chi connectivity index (χ2n) is 3.39. The fourth-order valence-electron chi connectivity index (χ4n) is 1.39. The van der Waals surface area contributed by atoms with Crippen LogP contribution in [0.5, 0.6) is 0 Å². The maximum Gasteiger partial charge on any atom is 0.416 e. The molecule has 0 atom stereocenters. The first-order valence-electron chi connectivity index (χ1n) is 4.69. The van der Waals surface area contributed by atoms with Crippen molar-refractivity contribution < 1.29 is 13.2 Å². The van der Waals surface area contributed by atoms with Crippen molar-refractivity contribution in [2.24, 2.45) is 0 Å². The minimum atomic E-state index is -4.40. The Kier molecular flexibility index (Phi) is 2.71. The third-order valence-electron chi connectivity index (χ3n) is 2.15. The number of hydrogen-bond acceptors (Lipinski definition) is 2. The van der Waals surface area contributed by atoms with Crippen LogP contribution in [0, 0.1) is 0 Å². The van der Waals surface area contributed by atoms with E-state index in [1.54, 1.807) is 0 Å². The second-order valence-corrected chi connectivity index (χ2v) is 3.39. The van der Waals surface area contributed by atoms with Gasteiger partial charge in [0.25, 0.3) is 5.56 Å². The van der Waals surface area contributed by atoms with Crippen molar-refractivity contribution in [3.05, 3.63) is 52.6 Å². The molecule has 0 aliphatic heterocycles. The molecule has 17 heavy (non-hydrogen) atoms. The lowest BCUT2D eigenvalue weighted by molar-refractivity contribution is -0.137. The van der Waals surface area contributed by atoms with E-state index in [9.17, 15) is 18.0 Å². The smallest absolute Gasteiger partial charge is 0.319 e. The Bertz CT molecular complexity index is 590. The van der Waals surface area contributed by atoms with Gasteiger partial charge in [0.1, 0.15) is 0 Å². The van der Waals surface area contributed by atoms with Crippen LogP contribution >= 0.6 is 0 Å². The van der Waals surface area contributed by atoms with Gasteiger partial charge in [-0.25, -0.2) is 0 Å². The fraction of sp³-hybridized carbons (Fsp3) is 0.0909. The van der Waals surface area contributed by atoms with Gasteiger partial charge in [0.15, 0.2) is 0 Å². The first-order valence-corrected chi connectivity index (χ1v) is 4.69. The molecule has 88 valence electrons. The van der Waals surface area contributed by atoms with Gasteiger partial charge >= 0.3 is 6.18 Å². The number of nitrogens with zero attached hydrogens (tertiary/aromatic N) is 1. The summed E-state index contributed by atoms with van der Waals surface area (Å²) in [4.78, 5) is 17.0. The quantitative estimate of drug-likeness (QED) is 0.832. The molecule has 0 unspecified atom stereocenters. The van der Waals surface area contributed by atoms with Crippen LogP contribution < -0.4 is 5.56 Å². The first kappa shape index (κ1) is 11.4. The number of hydrogen-bond donors (Lipinski definition) is 1. The van der Waals surface area contributed by atoms with Crippen LogP contribution in [0.1, 0.15) is 5.56 Å². The second kappa shape index (κ2) is 4.04. The Labute approximate surface area is 94.0 Å². The number of nitrogens with one attached hydrogen (secondary N) is 1. The summed E-state index contributed by atoms with van der Waals surface area (Å²) in [5, 5.41) is 0. The minimum absolute atomic E-state index is 0.253. The molecular formula is C11H7F3N2O. The van der Waals surface area contributed by atoms with Crippen molar-refractivity contribution in [2.75, 3.05) is 0 Å². The molecule has 0 spiro atoms. The van der Waals surface area contributed by atoms with E-state index in [4.69, 9.17) is 0 Å². The number of halogens is 3. The zero-order valence-electron chi connectivity index (χ0n) is 8.45. The Morgan fingerprint density at radius 2 is 1.94 bits per heavy atom. The van der Waals surface area contributed by atoms with Crippen LogP contribution in [0.15, 0.2) is 41.5 Å². The van der Waals surface area contributed by atoms with Crippen molar-refractivity contribution in [1.82, 2.24) is 9.97 Å². The van der Waals surface area contributed by atoms with E-state index in [0.29, 0.717) is 0 Å². The molecule has 3 nitrogen and oxygen atoms in total. The molecule has 0 saturated heterocycles. The number of H-pyrrole nitrogens is 1. The van der Waals surface area contributed by atoms with Gasteiger partial charge in [-0.1, -0.05) is 12.1 Å². The van der Waals surface area contributed by atoms with Crippen molar-refractivity contribution >= 4 is 0 Å². The van der Waals surface area contributed by atoms with Gasteiger partial charge < -0.3 is 4.98 Å². The monoisotopic (exact) mass is 240 g/mol. The molecule has 1 N–H and O–H groups in total. The van der Waals surface area contributed by atoms with E-state index in [0.717, 1.165) is 18.3 Å². The summed E-state index contributed by atoms with van der Waals surface area (Å²) in [6.07, 6.45) is -2.05. The maximum absolute atomic E-state index is 12.5. The SMILES string of the molecule is O=c1cncc(-c2cccc(C(F)(F)F)c2)[nH]1. The van der Waals surface area contributed by atoms with Crippen LogP contribution in [0.3, 0.4) is 0 Å². The minimum Gasteiger partial charge on any atom is -0.319 e. The molecular weight excluding hydrogens is 233 g/mol. The van der Waals surface area contributed by atoms with Crippen LogP contribution in [0.25, 0.3) is 11.3 Å². The molecule has 0 aliphatic carbocycles. The third-order valence-corrected chi connectivity index (χ3v) is 2.15. The molecule has 2 rings (SSSR count). The number of benzene rings is 1. The summed E-state index contributed by atoms with van der Waals surface area (Å²) in [7, 11) is 0. The predicted octanol–water partition coefficient (Wildman–Crippen LogP) is 2.46. The number of rotatable bonds is 1. The van der Waals surface area contributed by atoms with E-state index in [1.165, 1.54) is 18.3 Å². The molecule has 1 aromatic heterocycles. The van der Waals surface area contributed by atoms with Gasteiger partial charge in [0.05, 0.1) is 23.7 Å². The standard InChI is InChI=1S/C11H7F3N2O/c12-11(13,14)8-3-1-2-7(4-8)9-5-15-6-10(17)16-9/h1-6H,(H,16,17). The van der Waals surface area contributed by atoms with Crippen molar-refractivity contribution in [2.45, 2.75) is 6.18 Å². The largest absolute Gasteiger partial charge is 0.416 e. The lowest BCUT2D eigenvalue weighted by Crippen LogP contribution is -2.07. The van der Waals surface area contributed by atoms with Crippen LogP contribution in [-0.4, -0.2) is 9.97 Å². The van der Waals surface area contributed by atoms with Gasteiger partial charge in [-0.05, 0) is 12.1 Å². The van der Waals surface area contributed by atoms with E-state index in [-0.39, 0.29) is 11.3 Å².